The molecule has 0 spiro atoms. The molecule has 1 aliphatic rings. The summed E-state index contributed by atoms with van der Waals surface area (Å²) in [5, 5.41) is 2.50. The molecule has 10 nitrogen and oxygen atoms in total. The van der Waals surface area contributed by atoms with Crippen LogP contribution in [-0.4, -0.2) is 39.9 Å². The van der Waals surface area contributed by atoms with Crippen molar-refractivity contribution in [3.8, 4) is 0 Å². The molecule has 172 valence electrons. The number of Topliss-reactive ketones (excluding diaryl/α,β-unsaturated/α-hetero) is 1. The summed E-state index contributed by atoms with van der Waals surface area (Å²) in [6, 6.07) is 6.05. The van der Waals surface area contributed by atoms with Crippen LogP contribution in [0.4, 0.5) is 16.0 Å². The molecule has 0 radical (unpaired) electrons. The van der Waals surface area contributed by atoms with Crippen LogP contribution in [0.5, 0.6) is 0 Å². The van der Waals surface area contributed by atoms with Crippen molar-refractivity contribution in [1.29, 1.82) is 0 Å². The van der Waals surface area contributed by atoms with Crippen LogP contribution in [0.15, 0.2) is 35.3 Å². The van der Waals surface area contributed by atoms with Crippen molar-refractivity contribution in [1.82, 2.24) is 9.97 Å². The summed E-state index contributed by atoms with van der Waals surface area (Å²) in [4.78, 5) is 49.5. The number of nitrogens with one attached hydrogen (secondary N) is 1. The van der Waals surface area contributed by atoms with Crippen LogP contribution in [-0.2, 0) is 31.1 Å². The molecule has 0 saturated carbocycles. The fourth-order valence-electron chi connectivity index (χ4n) is 3.27. The van der Waals surface area contributed by atoms with E-state index in [9.17, 15) is 18.8 Å². The Hall–Kier alpha value is -4.15. The van der Waals surface area contributed by atoms with Crippen LogP contribution in [0, 0.1) is 5.82 Å². The third-order valence-electron chi connectivity index (χ3n) is 5.10. The lowest BCUT2D eigenvalue weighted by Gasteiger charge is -2.20. The van der Waals surface area contributed by atoms with Gasteiger partial charge in [0, 0.05) is 12.5 Å². The molecule has 33 heavy (non-hydrogen) atoms. The Morgan fingerprint density at radius 3 is 2.64 bits per heavy atom. The van der Waals surface area contributed by atoms with Gasteiger partial charge in [0.25, 0.3) is 0 Å². The Morgan fingerprint density at radius 2 is 2.00 bits per heavy atom. The number of nitrogens with zero attached hydrogens (tertiary/aromatic N) is 3. The largest absolute Gasteiger partial charge is 0.465 e. The summed E-state index contributed by atoms with van der Waals surface area (Å²) in [6.07, 6.45) is 1.24. The number of aliphatic imine (C=N–C) groups is 1. The van der Waals surface area contributed by atoms with E-state index in [1.165, 1.54) is 26.0 Å². The number of allylic oxidation sites excluding steroid dienone is 1. The Balaban J connectivity index is 1.97. The normalized spacial score (nSPS) is 18.0. The second kappa shape index (κ2) is 9.15. The van der Waals surface area contributed by atoms with Crippen molar-refractivity contribution in [3.63, 3.8) is 0 Å². The van der Waals surface area contributed by atoms with E-state index in [-0.39, 0.29) is 47.6 Å². The number of anilines is 2. The van der Waals surface area contributed by atoms with Crippen molar-refractivity contribution in [2.24, 2.45) is 10.7 Å². The Kier molecular flexibility index (Phi) is 6.52. The third kappa shape index (κ3) is 4.43. The average molecular weight is 454 g/mol. The number of nitrogens with two attached hydrogens (primary N) is 2. The predicted octanol–water partition coefficient (Wildman–Crippen LogP) is 1.50. The Labute approximate surface area is 189 Å². The minimum Gasteiger partial charge on any atom is -0.465 e. The summed E-state index contributed by atoms with van der Waals surface area (Å²) in [5.74, 6) is -2.52. The average Bonchev–Trinajstić information content (AvgIpc) is 3.03. The number of aromatic nitrogens is 2. The summed E-state index contributed by atoms with van der Waals surface area (Å²) in [5.41, 5.74) is 10.7. The summed E-state index contributed by atoms with van der Waals surface area (Å²) in [6.45, 7) is 4.27. The minimum atomic E-state index is -1.71. The van der Waals surface area contributed by atoms with E-state index < -0.39 is 28.9 Å². The van der Waals surface area contributed by atoms with Crippen LogP contribution in [0.25, 0.3) is 5.70 Å². The molecule has 5 N–H and O–H groups in total. The Bertz CT molecular complexity index is 1210. The monoisotopic (exact) mass is 454 g/mol. The van der Waals surface area contributed by atoms with Gasteiger partial charge in [0.2, 0.25) is 5.91 Å². The standard InChI is InChI=1S/C22H23FN6O4/c1-4-33-21(32)22(3)16-17(25)27-18(28-19(16)29-20(22)31)14(24)9-15(11(2)30)26-10-12-7-5-6-8-13(12)23/h5-9H,4,10,24H2,1-3H3,(H3,25,27,28,29,31). The number of benzene rings is 1. The fraction of sp³-hybridized carbons (Fsp3) is 0.273. The number of carbonyl (C=O) groups is 3. The van der Waals surface area contributed by atoms with Crippen molar-refractivity contribution in [2.45, 2.75) is 32.7 Å². The third-order valence-corrected chi connectivity index (χ3v) is 5.10. The molecule has 1 aromatic heterocycles. The number of hydrogen-bond donors (Lipinski definition) is 3. The number of nitrogen functional groups attached to an aromatic ring is 1. The van der Waals surface area contributed by atoms with Gasteiger partial charge in [-0.1, -0.05) is 18.2 Å². The molecule has 0 bridgehead atoms. The number of carbonyl (C=O) groups excluding carboxylic acids is 3. The molecule has 11 heteroatoms. The van der Waals surface area contributed by atoms with Crippen LogP contribution in [0.1, 0.15) is 37.7 Å². The van der Waals surface area contributed by atoms with Crippen LogP contribution >= 0.6 is 0 Å². The summed E-state index contributed by atoms with van der Waals surface area (Å²) in [7, 11) is 0. The van der Waals surface area contributed by atoms with Gasteiger partial charge in [-0.2, -0.15) is 0 Å². The maximum absolute atomic E-state index is 13.8. The van der Waals surface area contributed by atoms with Gasteiger partial charge >= 0.3 is 5.97 Å². The predicted molar refractivity (Wildman–Crippen MR) is 119 cm³/mol. The van der Waals surface area contributed by atoms with Crippen molar-refractivity contribution < 1.29 is 23.5 Å². The molecule has 1 aliphatic heterocycles. The smallest absolute Gasteiger partial charge is 0.326 e. The van der Waals surface area contributed by atoms with Gasteiger partial charge < -0.3 is 21.5 Å². The van der Waals surface area contributed by atoms with E-state index >= 15 is 0 Å². The number of ketones is 1. The highest BCUT2D eigenvalue weighted by Crippen LogP contribution is 2.40. The molecule has 2 aromatic rings. The zero-order chi connectivity index (χ0) is 24.3. The van der Waals surface area contributed by atoms with E-state index in [4.69, 9.17) is 16.2 Å². The number of halogens is 1. The van der Waals surface area contributed by atoms with Crippen molar-refractivity contribution in [3.05, 3.63) is 53.1 Å². The lowest BCUT2D eigenvalue weighted by Crippen LogP contribution is -2.41. The first-order valence-corrected chi connectivity index (χ1v) is 10.0. The quantitative estimate of drug-likeness (QED) is 0.322. The van der Waals surface area contributed by atoms with Crippen LogP contribution in [0.2, 0.25) is 0 Å². The molecule has 1 amide bonds. The number of hydrogen-bond acceptors (Lipinski definition) is 9. The molecular weight excluding hydrogens is 431 g/mol. The van der Waals surface area contributed by atoms with Crippen LogP contribution < -0.4 is 16.8 Å². The maximum Gasteiger partial charge on any atom is 0.326 e. The summed E-state index contributed by atoms with van der Waals surface area (Å²) >= 11 is 0. The lowest BCUT2D eigenvalue weighted by molar-refractivity contribution is -0.152. The zero-order valence-corrected chi connectivity index (χ0v) is 18.3. The second-order valence-corrected chi connectivity index (χ2v) is 7.40. The minimum absolute atomic E-state index is 0.0158. The van der Waals surface area contributed by atoms with Crippen LogP contribution in [0.3, 0.4) is 0 Å². The number of esters is 1. The molecule has 0 aliphatic carbocycles. The SMILES string of the molecule is CCOC(=O)C1(C)C(=O)Nc2nc(C(N)=CC(=NCc3ccccc3F)C(C)=O)nc(N)c21. The zero-order valence-electron chi connectivity index (χ0n) is 18.3. The number of rotatable bonds is 7. The molecule has 3 rings (SSSR count). The topological polar surface area (TPSA) is 163 Å². The number of ether oxygens (including phenoxy) is 1. The second-order valence-electron chi connectivity index (χ2n) is 7.40. The van der Waals surface area contributed by atoms with Gasteiger partial charge in [-0.15, -0.1) is 0 Å². The maximum atomic E-state index is 13.8. The molecular formula is C22H23FN6O4. The summed E-state index contributed by atoms with van der Waals surface area (Å²) < 4.78 is 18.9. The van der Waals surface area contributed by atoms with Gasteiger partial charge in [0.1, 0.15) is 23.2 Å². The van der Waals surface area contributed by atoms with Crippen molar-refractivity contribution in [2.75, 3.05) is 17.7 Å². The highest BCUT2D eigenvalue weighted by atomic mass is 19.1. The molecule has 0 saturated heterocycles. The van der Waals surface area contributed by atoms with E-state index in [1.807, 2.05) is 0 Å². The Morgan fingerprint density at radius 1 is 1.30 bits per heavy atom. The number of fused-ring (bicyclic) bond motifs is 1. The first-order chi connectivity index (χ1) is 15.6. The lowest BCUT2D eigenvalue weighted by atomic mass is 9.84. The van der Waals surface area contributed by atoms with Gasteiger partial charge in [-0.25, -0.2) is 14.4 Å². The molecule has 0 fully saturated rings. The van der Waals surface area contributed by atoms with E-state index in [2.05, 4.69) is 20.3 Å². The fourth-order valence-corrected chi connectivity index (χ4v) is 3.27. The van der Waals surface area contributed by atoms with E-state index in [0.29, 0.717) is 5.56 Å². The first kappa shape index (κ1) is 23.5. The van der Waals surface area contributed by atoms with Gasteiger partial charge in [0.15, 0.2) is 17.0 Å². The van der Waals surface area contributed by atoms with E-state index in [1.54, 1.807) is 25.1 Å². The highest BCUT2D eigenvalue weighted by molar-refractivity contribution is 6.44. The molecule has 1 atom stereocenters. The van der Waals surface area contributed by atoms with Gasteiger partial charge in [-0.3, -0.25) is 19.4 Å². The van der Waals surface area contributed by atoms with E-state index in [0.717, 1.165) is 0 Å². The van der Waals surface area contributed by atoms with Crippen molar-refractivity contribution >= 4 is 40.7 Å². The molecule has 1 unspecified atom stereocenters. The molecule has 1 aromatic carbocycles. The first-order valence-electron chi connectivity index (χ1n) is 10.0. The molecule has 2 heterocycles. The highest BCUT2D eigenvalue weighted by Gasteiger charge is 2.53. The van der Waals surface area contributed by atoms with Gasteiger partial charge in [-0.05, 0) is 26.0 Å². The van der Waals surface area contributed by atoms with Gasteiger partial charge in [0.05, 0.1) is 24.4 Å². The number of amides is 1.